The molecule has 0 unspecified atom stereocenters. The van der Waals surface area contributed by atoms with Gasteiger partial charge in [0.2, 0.25) is 0 Å². The molecule has 0 spiro atoms. The number of methoxy groups -OCH3 is 2. The first-order valence-electron chi connectivity index (χ1n) is 10.4. The van der Waals surface area contributed by atoms with Crippen LogP contribution in [-0.2, 0) is 6.54 Å². The molecule has 1 aromatic heterocycles. The Bertz CT molecular complexity index is 1150. The molecule has 156 valence electrons. The third kappa shape index (κ3) is 3.21. The second-order valence-electron chi connectivity index (χ2n) is 7.93. The highest BCUT2D eigenvalue weighted by molar-refractivity contribution is 5.87. The minimum absolute atomic E-state index is 0.391. The quantitative estimate of drug-likeness (QED) is 0.591. The number of benzene rings is 2. The minimum atomic E-state index is -0.391. The van der Waals surface area contributed by atoms with Gasteiger partial charge >= 0.3 is 5.63 Å². The van der Waals surface area contributed by atoms with Crippen LogP contribution in [0.3, 0.4) is 0 Å². The van der Waals surface area contributed by atoms with E-state index in [1.54, 1.807) is 20.3 Å². The van der Waals surface area contributed by atoms with E-state index in [2.05, 4.69) is 4.90 Å². The fourth-order valence-electron chi connectivity index (χ4n) is 4.62. The second-order valence-corrected chi connectivity index (χ2v) is 7.93. The Morgan fingerprint density at radius 1 is 1.00 bits per heavy atom. The van der Waals surface area contributed by atoms with Gasteiger partial charge in [-0.1, -0.05) is 12.8 Å². The van der Waals surface area contributed by atoms with Crippen LogP contribution in [0, 0.1) is 0 Å². The van der Waals surface area contributed by atoms with E-state index in [9.17, 15) is 4.79 Å². The van der Waals surface area contributed by atoms with Crippen LogP contribution in [0.25, 0.3) is 22.1 Å². The van der Waals surface area contributed by atoms with Crippen molar-refractivity contribution in [1.82, 2.24) is 4.90 Å². The summed E-state index contributed by atoms with van der Waals surface area (Å²) < 4.78 is 22.6. The third-order valence-corrected chi connectivity index (χ3v) is 6.25. The molecule has 0 amide bonds. The number of rotatable bonds is 4. The summed E-state index contributed by atoms with van der Waals surface area (Å²) in [6.45, 7) is 1.33. The number of nitrogens with zero attached hydrogens (tertiary/aromatic N) is 1. The second kappa shape index (κ2) is 7.69. The highest BCUT2D eigenvalue weighted by atomic mass is 16.5. The van der Waals surface area contributed by atoms with E-state index in [0.717, 1.165) is 23.2 Å². The van der Waals surface area contributed by atoms with Gasteiger partial charge in [0.15, 0.2) is 0 Å². The van der Waals surface area contributed by atoms with E-state index in [-0.39, 0.29) is 0 Å². The van der Waals surface area contributed by atoms with E-state index >= 15 is 0 Å². The molecule has 6 nitrogen and oxygen atoms in total. The molecule has 0 bridgehead atoms. The van der Waals surface area contributed by atoms with Crippen LogP contribution < -0.4 is 19.8 Å². The molecule has 5 rings (SSSR count). The molecule has 1 saturated carbocycles. The molecule has 2 heterocycles. The maximum atomic E-state index is 13.0. The molecule has 1 aliphatic carbocycles. The standard InChI is InChI=1S/C24H25NO5/c1-27-17-8-9-18(22(12-17)28-2)19-11-15-7-10-21-20(23(15)30-24(19)26)13-25(14-29-21)16-5-3-4-6-16/h7-12,16H,3-6,13-14H2,1-2H3. The molecule has 0 radical (unpaired) electrons. The van der Waals surface area contributed by atoms with Gasteiger partial charge in [0, 0.05) is 29.6 Å². The lowest BCUT2D eigenvalue weighted by Gasteiger charge is -2.33. The lowest BCUT2D eigenvalue weighted by Crippen LogP contribution is -2.38. The maximum absolute atomic E-state index is 13.0. The Kier molecular flexibility index (Phi) is 4.87. The van der Waals surface area contributed by atoms with E-state index in [4.69, 9.17) is 18.6 Å². The maximum Gasteiger partial charge on any atom is 0.344 e. The number of ether oxygens (including phenoxy) is 3. The molecule has 0 atom stereocenters. The predicted octanol–water partition coefficient (Wildman–Crippen LogP) is 4.57. The molecular weight excluding hydrogens is 382 g/mol. The zero-order valence-electron chi connectivity index (χ0n) is 17.3. The number of fused-ring (bicyclic) bond motifs is 3. The summed E-state index contributed by atoms with van der Waals surface area (Å²) in [5, 5.41) is 0.873. The van der Waals surface area contributed by atoms with Gasteiger partial charge in [-0.2, -0.15) is 0 Å². The van der Waals surface area contributed by atoms with Crippen LogP contribution in [0.15, 0.2) is 45.6 Å². The summed E-state index contributed by atoms with van der Waals surface area (Å²) >= 11 is 0. The van der Waals surface area contributed by atoms with E-state index in [0.29, 0.717) is 41.0 Å². The molecule has 2 aromatic carbocycles. The summed E-state index contributed by atoms with van der Waals surface area (Å²) in [4.78, 5) is 15.3. The zero-order valence-corrected chi connectivity index (χ0v) is 17.3. The van der Waals surface area contributed by atoms with Crippen molar-refractivity contribution in [1.29, 1.82) is 0 Å². The van der Waals surface area contributed by atoms with Crippen molar-refractivity contribution in [3.8, 4) is 28.4 Å². The first kappa shape index (κ1) is 19.0. The Hall–Kier alpha value is -2.99. The molecular formula is C24H25NO5. The molecule has 30 heavy (non-hydrogen) atoms. The van der Waals surface area contributed by atoms with Crippen LogP contribution in [0.2, 0.25) is 0 Å². The molecule has 1 aliphatic heterocycles. The fraction of sp³-hybridized carbons (Fsp3) is 0.375. The molecule has 3 aromatic rings. The van der Waals surface area contributed by atoms with Crippen molar-refractivity contribution in [2.45, 2.75) is 38.3 Å². The average Bonchev–Trinajstić information content (AvgIpc) is 3.33. The normalized spacial score (nSPS) is 17.0. The van der Waals surface area contributed by atoms with Crippen molar-refractivity contribution in [3.05, 3.63) is 52.4 Å². The first-order valence-corrected chi connectivity index (χ1v) is 10.4. The smallest absolute Gasteiger partial charge is 0.344 e. The van der Waals surface area contributed by atoms with Crippen molar-refractivity contribution < 1.29 is 18.6 Å². The predicted molar refractivity (Wildman–Crippen MR) is 114 cm³/mol. The Morgan fingerprint density at radius 2 is 1.83 bits per heavy atom. The van der Waals surface area contributed by atoms with Crippen LogP contribution in [0.1, 0.15) is 31.2 Å². The van der Waals surface area contributed by atoms with Crippen molar-refractivity contribution in [2.24, 2.45) is 0 Å². The van der Waals surface area contributed by atoms with Gasteiger partial charge in [0.1, 0.15) is 29.6 Å². The molecule has 6 heteroatoms. The van der Waals surface area contributed by atoms with Crippen LogP contribution in [0.4, 0.5) is 0 Å². The van der Waals surface area contributed by atoms with Crippen LogP contribution in [0.5, 0.6) is 17.2 Å². The Balaban J connectivity index is 1.59. The number of hydrogen-bond donors (Lipinski definition) is 0. The van der Waals surface area contributed by atoms with Gasteiger partial charge in [0.25, 0.3) is 0 Å². The van der Waals surface area contributed by atoms with Crippen molar-refractivity contribution in [3.63, 3.8) is 0 Å². The fourth-order valence-corrected chi connectivity index (χ4v) is 4.62. The third-order valence-electron chi connectivity index (χ3n) is 6.25. The number of hydrogen-bond acceptors (Lipinski definition) is 6. The van der Waals surface area contributed by atoms with Gasteiger partial charge in [0.05, 0.1) is 25.3 Å². The molecule has 0 N–H and O–H groups in total. The highest BCUT2D eigenvalue weighted by Gasteiger charge is 2.29. The summed E-state index contributed by atoms with van der Waals surface area (Å²) in [6.07, 6.45) is 4.95. The van der Waals surface area contributed by atoms with Gasteiger partial charge in [-0.3, -0.25) is 4.90 Å². The Morgan fingerprint density at radius 3 is 2.60 bits per heavy atom. The molecule has 1 fully saturated rings. The summed E-state index contributed by atoms with van der Waals surface area (Å²) in [7, 11) is 3.17. The topological polar surface area (TPSA) is 61.1 Å². The first-order chi connectivity index (χ1) is 14.7. The van der Waals surface area contributed by atoms with E-state index in [1.165, 1.54) is 25.7 Å². The highest BCUT2D eigenvalue weighted by Crippen LogP contribution is 2.37. The monoisotopic (exact) mass is 407 g/mol. The van der Waals surface area contributed by atoms with Crippen LogP contribution >= 0.6 is 0 Å². The molecule has 0 saturated heterocycles. The van der Waals surface area contributed by atoms with Crippen molar-refractivity contribution >= 4 is 11.0 Å². The van der Waals surface area contributed by atoms with E-state index in [1.807, 2.05) is 30.3 Å². The van der Waals surface area contributed by atoms with Crippen molar-refractivity contribution in [2.75, 3.05) is 21.0 Å². The van der Waals surface area contributed by atoms with Gasteiger partial charge in [-0.15, -0.1) is 0 Å². The lowest BCUT2D eigenvalue weighted by molar-refractivity contribution is 0.0581. The minimum Gasteiger partial charge on any atom is -0.497 e. The molecule has 2 aliphatic rings. The summed E-state index contributed by atoms with van der Waals surface area (Å²) in [5.74, 6) is 2.03. The zero-order chi connectivity index (χ0) is 20.7. The van der Waals surface area contributed by atoms with Gasteiger partial charge in [-0.05, 0) is 43.2 Å². The average molecular weight is 407 g/mol. The van der Waals surface area contributed by atoms with Gasteiger partial charge in [-0.25, -0.2) is 4.79 Å². The SMILES string of the molecule is COc1ccc(-c2cc3ccc4c(c3oc2=O)CN(C2CCCC2)CO4)c(OC)c1. The lowest BCUT2D eigenvalue weighted by atomic mass is 10.0. The van der Waals surface area contributed by atoms with Gasteiger partial charge < -0.3 is 18.6 Å². The summed E-state index contributed by atoms with van der Waals surface area (Å²) in [6, 6.07) is 11.7. The Labute approximate surface area is 175 Å². The van der Waals surface area contributed by atoms with E-state index < -0.39 is 5.63 Å². The largest absolute Gasteiger partial charge is 0.497 e. The summed E-state index contributed by atoms with van der Waals surface area (Å²) in [5.41, 5.74) is 2.31. The van der Waals surface area contributed by atoms with Crippen LogP contribution in [-0.4, -0.2) is 31.9 Å².